The highest BCUT2D eigenvalue weighted by Gasteiger charge is 2.47. The number of benzene rings is 3. The van der Waals surface area contributed by atoms with Gasteiger partial charge in [0.05, 0.1) is 23.3 Å². The van der Waals surface area contributed by atoms with Crippen LogP contribution in [-0.2, 0) is 4.79 Å². The van der Waals surface area contributed by atoms with Crippen LogP contribution in [0.15, 0.2) is 66.7 Å². The first-order valence-corrected chi connectivity index (χ1v) is 11.1. The predicted octanol–water partition coefficient (Wildman–Crippen LogP) is 6.52. The predicted molar refractivity (Wildman–Crippen MR) is 123 cm³/mol. The molecule has 4 aromatic rings. The maximum absolute atomic E-state index is 13.5. The van der Waals surface area contributed by atoms with Crippen molar-refractivity contribution in [2.45, 2.75) is 18.3 Å². The molecule has 4 nitrogen and oxygen atoms in total. The molecule has 1 aliphatic carbocycles. The third-order valence-electron chi connectivity index (χ3n) is 5.82. The summed E-state index contributed by atoms with van der Waals surface area (Å²) in [6.45, 7) is 0. The molecule has 7 heteroatoms. The van der Waals surface area contributed by atoms with Crippen molar-refractivity contribution in [2.75, 3.05) is 5.32 Å². The van der Waals surface area contributed by atoms with Crippen LogP contribution in [0.5, 0.6) is 0 Å². The van der Waals surface area contributed by atoms with Gasteiger partial charge in [-0.25, -0.2) is 0 Å². The summed E-state index contributed by atoms with van der Waals surface area (Å²) in [6, 6.07) is 21.2. The van der Waals surface area contributed by atoms with Gasteiger partial charge >= 0.3 is 0 Å². The minimum atomic E-state index is -0.200. The molecule has 0 bridgehead atoms. The molecule has 30 heavy (non-hydrogen) atoms. The topological polar surface area (TPSA) is 54.9 Å². The maximum atomic E-state index is 13.5. The van der Waals surface area contributed by atoms with Crippen LogP contribution in [0.25, 0.3) is 11.0 Å². The Balaban J connectivity index is 1.47. The number of carbonyl (C=O) groups is 1. The Bertz CT molecular complexity index is 1160. The second kappa shape index (κ2) is 7.99. The van der Waals surface area contributed by atoms with Gasteiger partial charge in [-0.1, -0.05) is 53.5 Å². The van der Waals surface area contributed by atoms with Crippen molar-refractivity contribution in [1.29, 1.82) is 0 Å². The Morgan fingerprint density at radius 2 is 1.47 bits per heavy atom. The van der Waals surface area contributed by atoms with E-state index in [2.05, 4.69) is 14.1 Å². The number of hydrogen-bond donors (Lipinski definition) is 1. The van der Waals surface area contributed by atoms with Crippen LogP contribution in [0, 0.1) is 5.92 Å². The van der Waals surface area contributed by atoms with E-state index in [4.69, 9.17) is 23.2 Å². The van der Waals surface area contributed by atoms with E-state index in [9.17, 15) is 4.79 Å². The van der Waals surface area contributed by atoms with E-state index in [1.807, 2.05) is 66.7 Å². The fourth-order valence-corrected chi connectivity index (χ4v) is 5.05. The minimum Gasteiger partial charge on any atom is -0.324 e. The fraction of sp³-hybridized carbons (Fsp3) is 0.174. The van der Waals surface area contributed by atoms with Crippen molar-refractivity contribution < 1.29 is 4.79 Å². The average Bonchev–Trinajstić information content (AvgIpc) is 3.20. The molecule has 0 aliphatic heterocycles. The number of nitrogens with zero attached hydrogens (tertiary/aromatic N) is 2. The van der Waals surface area contributed by atoms with E-state index < -0.39 is 0 Å². The molecule has 1 heterocycles. The molecule has 1 aromatic heterocycles. The molecule has 0 spiro atoms. The van der Waals surface area contributed by atoms with Crippen LogP contribution in [0.1, 0.15) is 29.4 Å². The highest BCUT2D eigenvalue weighted by Crippen LogP contribution is 2.53. The summed E-state index contributed by atoms with van der Waals surface area (Å²) in [4.78, 5) is 13.5. The van der Waals surface area contributed by atoms with E-state index in [-0.39, 0.29) is 23.7 Å². The molecular weight excluding hydrogens is 437 g/mol. The molecule has 1 N–H and O–H groups in total. The van der Waals surface area contributed by atoms with E-state index >= 15 is 0 Å². The fourth-order valence-electron chi connectivity index (χ4n) is 4.25. The van der Waals surface area contributed by atoms with Crippen molar-refractivity contribution in [2.24, 2.45) is 5.92 Å². The normalized spacial score (nSPS) is 20.7. The molecule has 3 aromatic carbocycles. The molecule has 1 saturated carbocycles. The van der Waals surface area contributed by atoms with Gasteiger partial charge in [-0.3, -0.25) is 4.79 Å². The molecule has 1 unspecified atom stereocenters. The van der Waals surface area contributed by atoms with Gasteiger partial charge in [-0.2, -0.15) is 8.75 Å². The van der Waals surface area contributed by atoms with Crippen molar-refractivity contribution in [3.05, 3.63) is 87.9 Å². The van der Waals surface area contributed by atoms with Crippen molar-refractivity contribution in [1.82, 2.24) is 8.75 Å². The SMILES string of the molecule is O=C(Nc1cccc2nsnc12)C1[C@@H](c2ccc(Cl)cc2)C[C@H]1c1ccc(Cl)cc1. The van der Waals surface area contributed by atoms with Crippen LogP contribution in [0.2, 0.25) is 10.0 Å². The zero-order valence-corrected chi connectivity index (χ0v) is 18.1. The number of carbonyl (C=O) groups excluding carboxylic acids is 1. The van der Waals surface area contributed by atoms with Crippen molar-refractivity contribution in [3.8, 4) is 0 Å². The van der Waals surface area contributed by atoms with E-state index in [1.54, 1.807) is 0 Å². The molecule has 1 fully saturated rings. The largest absolute Gasteiger partial charge is 0.324 e. The Labute approximate surface area is 188 Å². The number of hydrogen-bond acceptors (Lipinski definition) is 4. The standard InChI is InChI=1S/C23H17Cl2N3OS/c24-15-8-4-13(5-9-15)17-12-18(14-6-10-16(25)11-7-14)21(17)23(29)26-19-2-1-3-20-22(19)28-30-27-20/h1-11,17-18,21H,12H2,(H,26,29)/t17-,18+,21?. The number of rotatable bonds is 4. The first-order valence-electron chi connectivity index (χ1n) is 9.63. The molecular formula is C23H17Cl2N3OS. The molecule has 1 aliphatic rings. The summed E-state index contributed by atoms with van der Waals surface area (Å²) < 4.78 is 8.60. The number of halogens is 2. The highest BCUT2D eigenvalue weighted by atomic mass is 35.5. The van der Waals surface area contributed by atoms with Crippen molar-refractivity contribution >= 4 is 57.6 Å². The monoisotopic (exact) mass is 453 g/mol. The Morgan fingerprint density at radius 3 is 2.07 bits per heavy atom. The lowest BCUT2D eigenvalue weighted by Crippen LogP contribution is -2.42. The second-order valence-electron chi connectivity index (χ2n) is 7.50. The molecule has 3 atom stereocenters. The quantitative estimate of drug-likeness (QED) is 0.382. The van der Waals surface area contributed by atoms with E-state index in [1.165, 1.54) is 0 Å². The van der Waals surface area contributed by atoms with E-state index in [0.717, 1.165) is 40.3 Å². The summed E-state index contributed by atoms with van der Waals surface area (Å²) in [5.74, 6) is 0.0299. The van der Waals surface area contributed by atoms with Gasteiger partial charge in [0.1, 0.15) is 11.0 Å². The summed E-state index contributed by atoms with van der Waals surface area (Å²) in [6.07, 6.45) is 0.893. The summed E-state index contributed by atoms with van der Waals surface area (Å²) in [5.41, 5.74) is 4.45. The zero-order chi connectivity index (χ0) is 20.7. The molecule has 0 radical (unpaired) electrons. The van der Waals surface area contributed by atoms with Gasteiger partial charge in [0.2, 0.25) is 5.91 Å². The Kier molecular flexibility index (Phi) is 5.19. The maximum Gasteiger partial charge on any atom is 0.228 e. The molecule has 5 rings (SSSR count). The first kappa shape index (κ1) is 19.5. The van der Waals surface area contributed by atoms with Gasteiger partial charge in [-0.05, 0) is 65.8 Å². The number of aromatic nitrogens is 2. The second-order valence-corrected chi connectivity index (χ2v) is 8.91. The average molecular weight is 454 g/mol. The molecule has 0 saturated heterocycles. The van der Waals surface area contributed by atoms with E-state index in [0.29, 0.717) is 15.7 Å². The van der Waals surface area contributed by atoms with Gasteiger partial charge in [-0.15, -0.1) is 0 Å². The minimum absolute atomic E-state index is 0.0124. The molecule has 1 amide bonds. The third-order valence-corrected chi connectivity index (χ3v) is 6.86. The van der Waals surface area contributed by atoms with Crippen LogP contribution in [-0.4, -0.2) is 14.7 Å². The Hall–Kier alpha value is -2.47. The highest BCUT2D eigenvalue weighted by molar-refractivity contribution is 7.00. The van der Waals surface area contributed by atoms with Crippen molar-refractivity contribution in [3.63, 3.8) is 0 Å². The number of fused-ring (bicyclic) bond motifs is 1. The lowest BCUT2D eigenvalue weighted by Gasteiger charge is -2.44. The number of anilines is 1. The van der Waals surface area contributed by atoms with Gasteiger partial charge in [0.15, 0.2) is 0 Å². The number of nitrogens with one attached hydrogen (secondary N) is 1. The Morgan fingerprint density at radius 1 is 0.867 bits per heavy atom. The van der Waals surface area contributed by atoms with Crippen LogP contribution >= 0.6 is 34.9 Å². The lowest BCUT2D eigenvalue weighted by molar-refractivity contribution is -0.124. The zero-order valence-electron chi connectivity index (χ0n) is 15.8. The van der Waals surface area contributed by atoms with Crippen LogP contribution in [0.4, 0.5) is 5.69 Å². The smallest absolute Gasteiger partial charge is 0.228 e. The third kappa shape index (κ3) is 3.58. The summed E-state index contributed by atoms with van der Waals surface area (Å²) >= 11 is 13.3. The lowest BCUT2D eigenvalue weighted by atomic mass is 9.59. The summed E-state index contributed by atoms with van der Waals surface area (Å²) in [7, 11) is 0. The first-order chi connectivity index (χ1) is 14.6. The van der Waals surface area contributed by atoms with Gasteiger partial charge in [0.25, 0.3) is 0 Å². The van der Waals surface area contributed by atoms with Crippen LogP contribution < -0.4 is 5.32 Å². The van der Waals surface area contributed by atoms with Crippen LogP contribution in [0.3, 0.4) is 0 Å². The molecule has 150 valence electrons. The van der Waals surface area contributed by atoms with Gasteiger partial charge in [0, 0.05) is 10.0 Å². The summed E-state index contributed by atoms with van der Waals surface area (Å²) in [5, 5.41) is 4.49. The number of amides is 1. The van der Waals surface area contributed by atoms with Gasteiger partial charge < -0.3 is 5.32 Å².